The molecule has 1 aromatic carbocycles. The molecule has 16 heavy (non-hydrogen) atoms. The Labute approximate surface area is 102 Å². The minimum atomic E-state index is 0.205. The molecule has 3 nitrogen and oxygen atoms in total. The molecule has 4 heteroatoms. The number of rotatable bonds is 7. The second kappa shape index (κ2) is 7.19. The standard InChI is InChI=1S/C12H18N2OS/c13-12(16)7-9-14(8-4-10-15)11-5-2-1-3-6-11/h1-3,5-6,15H,4,7-10H2,(H2,13,16). The Kier molecular flexibility index (Phi) is 5.82. The number of nitrogens with zero attached hydrogens (tertiary/aromatic N) is 1. The van der Waals surface area contributed by atoms with Crippen LogP contribution in [0.5, 0.6) is 0 Å². The molecule has 1 rings (SSSR count). The lowest BCUT2D eigenvalue weighted by Gasteiger charge is -2.24. The first kappa shape index (κ1) is 12.9. The van der Waals surface area contributed by atoms with Crippen molar-refractivity contribution in [1.29, 1.82) is 0 Å². The van der Waals surface area contributed by atoms with E-state index in [9.17, 15) is 0 Å². The third-order valence-electron chi connectivity index (χ3n) is 2.34. The lowest BCUT2D eigenvalue weighted by atomic mass is 10.2. The molecule has 0 aromatic heterocycles. The highest BCUT2D eigenvalue weighted by atomic mass is 32.1. The molecule has 3 N–H and O–H groups in total. The van der Waals surface area contributed by atoms with E-state index in [-0.39, 0.29) is 6.61 Å². The Morgan fingerprint density at radius 3 is 2.50 bits per heavy atom. The zero-order chi connectivity index (χ0) is 11.8. The van der Waals surface area contributed by atoms with Crippen LogP contribution >= 0.6 is 12.2 Å². The number of hydrogen-bond acceptors (Lipinski definition) is 3. The molecule has 0 amide bonds. The van der Waals surface area contributed by atoms with Crippen LogP contribution in [0, 0.1) is 0 Å². The summed E-state index contributed by atoms with van der Waals surface area (Å²) in [6.45, 7) is 1.83. The van der Waals surface area contributed by atoms with Crippen molar-refractivity contribution >= 4 is 22.9 Å². The van der Waals surface area contributed by atoms with Crippen molar-refractivity contribution in [2.45, 2.75) is 12.8 Å². The number of hydrogen-bond donors (Lipinski definition) is 2. The van der Waals surface area contributed by atoms with Gasteiger partial charge in [0.1, 0.15) is 0 Å². The van der Waals surface area contributed by atoms with Gasteiger partial charge < -0.3 is 15.7 Å². The highest BCUT2D eigenvalue weighted by Crippen LogP contribution is 2.13. The molecular formula is C12H18N2OS. The Balaban J connectivity index is 2.59. The molecule has 0 heterocycles. The Morgan fingerprint density at radius 1 is 1.25 bits per heavy atom. The number of thiocarbonyl (C=S) groups is 1. The molecule has 0 fully saturated rings. The molecule has 0 saturated carbocycles. The SMILES string of the molecule is NC(=S)CCN(CCCO)c1ccccc1. The van der Waals surface area contributed by atoms with E-state index < -0.39 is 0 Å². The maximum atomic E-state index is 8.86. The number of nitrogens with two attached hydrogens (primary N) is 1. The molecule has 0 aliphatic rings. The highest BCUT2D eigenvalue weighted by Gasteiger charge is 2.05. The van der Waals surface area contributed by atoms with E-state index in [0.29, 0.717) is 11.4 Å². The van der Waals surface area contributed by atoms with Gasteiger partial charge in [0.15, 0.2) is 0 Å². The van der Waals surface area contributed by atoms with Crippen LogP contribution < -0.4 is 10.6 Å². The molecule has 1 aromatic rings. The summed E-state index contributed by atoms with van der Waals surface area (Å²) in [4.78, 5) is 2.72. The molecule has 0 aliphatic carbocycles. The van der Waals surface area contributed by atoms with Gasteiger partial charge in [0.2, 0.25) is 0 Å². The van der Waals surface area contributed by atoms with Gasteiger partial charge in [-0.25, -0.2) is 0 Å². The van der Waals surface area contributed by atoms with E-state index >= 15 is 0 Å². The summed E-state index contributed by atoms with van der Waals surface area (Å²) in [6.07, 6.45) is 1.46. The summed E-state index contributed by atoms with van der Waals surface area (Å²) in [6, 6.07) is 10.1. The summed E-state index contributed by atoms with van der Waals surface area (Å²) in [5.41, 5.74) is 6.65. The third kappa shape index (κ3) is 4.59. The van der Waals surface area contributed by atoms with Crippen LogP contribution in [0.2, 0.25) is 0 Å². The molecule has 0 atom stereocenters. The first-order valence-corrected chi connectivity index (χ1v) is 5.84. The Hall–Kier alpha value is -1.13. The minimum Gasteiger partial charge on any atom is -0.396 e. The van der Waals surface area contributed by atoms with Crippen LogP contribution in [-0.2, 0) is 0 Å². The van der Waals surface area contributed by atoms with Crippen molar-refractivity contribution < 1.29 is 5.11 Å². The molecule has 0 spiro atoms. The Bertz CT molecular complexity index is 316. The molecular weight excluding hydrogens is 220 g/mol. The second-order valence-corrected chi connectivity index (χ2v) is 4.14. The van der Waals surface area contributed by atoms with Gasteiger partial charge >= 0.3 is 0 Å². The van der Waals surface area contributed by atoms with E-state index in [2.05, 4.69) is 17.0 Å². The molecule has 88 valence electrons. The molecule has 0 radical (unpaired) electrons. The van der Waals surface area contributed by atoms with Crippen LogP contribution in [-0.4, -0.2) is 29.8 Å². The quantitative estimate of drug-likeness (QED) is 0.708. The summed E-state index contributed by atoms with van der Waals surface area (Å²) in [7, 11) is 0. The van der Waals surface area contributed by atoms with Crippen molar-refractivity contribution in [1.82, 2.24) is 0 Å². The van der Waals surface area contributed by atoms with Gasteiger partial charge in [-0.05, 0) is 18.6 Å². The van der Waals surface area contributed by atoms with Crippen molar-refractivity contribution in [3.63, 3.8) is 0 Å². The van der Waals surface area contributed by atoms with Crippen LogP contribution in [0.3, 0.4) is 0 Å². The average Bonchev–Trinajstić information content (AvgIpc) is 2.30. The monoisotopic (exact) mass is 238 g/mol. The third-order valence-corrected chi connectivity index (χ3v) is 2.54. The van der Waals surface area contributed by atoms with E-state index in [1.807, 2.05) is 18.2 Å². The Morgan fingerprint density at radius 2 is 1.94 bits per heavy atom. The van der Waals surface area contributed by atoms with Gasteiger partial charge in [-0.15, -0.1) is 0 Å². The summed E-state index contributed by atoms with van der Waals surface area (Å²) >= 11 is 4.88. The van der Waals surface area contributed by atoms with Gasteiger partial charge in [0.05, 0.1) is 4.99 Å². The van der Waals surface area contributed by atoms with Gasteiger partial charge in [0.25, 0.3) is 0 Å². The van der Waals surface area contributed by atoms with Gasteiger partial charge in [-0.3, -0.25) is 0 Å². The summed E-state index contributed by atoms with van der Waals surface area (Å²) in [5.74, 6) is 0. The molecule has 0 aliphatic heterocycles. The maximum absolute atomic E-state index is 8.86. The lowest BCUT2D eigenvalue weighted by Crippen LogP contribution is -2.29. The molecule has 0 unspecified atom stereocenters. The lowest BCUT2D eigenvalue weighted by molar-refractivity contribution is 0.289. The predicted molar refractivity (Wildman–Crippen MR) is 71.8 cm³/mol. The van der Waals surface area contributed by atoms with E-state index in [1.54, 1.807) is 0 Å². The summed E-state index contributed by atoms with van der Waals surface area (Å²) < 4.78 is 0. The van der Waals surface area contributed by atoms with Gasteiger partial charge in [-0.2, -0.15) is 0 Å². The highest BCUT2D eigenvalue weighted by molar-refractivity contribution is 7.80. The topological polar surface area (TPSA) is 49.5 Å². The zero-order valence-electron chi connectivity index (χ0n) is 9.30. The number of para-hydroxylation sites is 1. The number of aliphatic hydroxyl groups is 1. The van der Waals surface area contributed by atoms with Crippen molar-refractivity contribution in [2.24, 2.45) is 5.73 Å². The fourth-order valence-electron chi connectivity index (χ4n) is 1.52. The number of anilines is 1. The van der Waals surface area contributed by atoms with Crippen molar-refractivity contribution in [2.75, 3.05) is 24.6 Å². The van der Waals surface area contributed by atoms with Gasteiger partial charge in [0, 0.05) is 31.8 Å². The average molecular weight is 238 g/mol. The fourth-order valence-corrected chi connectivity index (χ4v) is 1.61. The van der Waals surface area contributed by atoms with E-state index in [1.165, 1.54) is 0 Å². The normalized spacial score (nSPS) is 10.1. The first-order valence-electron chi connectivity index (χ1n) is 5.43. The predicted octanol–water partition coefficient (Wildman–Crippen LogP) is 1.55. The fraction of sp³-hybridized carbons (Fsp3) is 0.417. The smallest absolute Gasteiger partial charge is 0.0745 e. The van der Waals surface area contributed by atoms with Crippen LogP contribution in [0.25, 0.3) is 0 Å². The largest absolute Gasteiger partial charge is 0.396 e. The molecule has 0 saturated heterocycles. The summed E-state index contributed by atoms with van der Waals surface area (Å²) in [5, 5.41) is 8.86. The van der Waals surface area contributed by atoms with Crippen LogP contribution in [0.1, 0.15) is 12.8 Å². The van der Waals surface area contributed by atoms with E-state index in [0.717, 1.165) is 25.2 Å². The van der Waals surface area contributed by atoms with Crippen molar-refractivity contribution in [3.8, 4) is 0 Å². The van der Waals surface area contributed by atoms with Crippen LogP contribution in [0.15, 0.2) is 30.3 Å². The zero-order valence-corrected chi connectivity index (χ0v) is 10.1. The first-order chi connectivity index (χ1) is 7.74. The number of benzene rings is 1. The van der Waals surface area contributed by atoms with E-state index in [4.69, 9.17) is 23.1 Å². The van der Waals surface area contributed by atoms with Gasteiger partial charge in [-0.1, -0.05) is 30.4 Å². The van der Waals surface area contributed by atoms with Crippen molar-refractivity contribution in [3.05, 3.63) is 30.3 Å². The number of aliphatic hydroxyl groups excluding tert-OH is 1. The maximum Gasteiger partial charge on any atom is 0.0745 e. The van der Waals surface area contributed by atoms with Crippen LogP contribution in [0.4, 0.5) is 5.69 Å². The minimum absolute atomic E-state index is 0.205. The molecule has 0 bridgehead atoms. The second-order valence-electron chi connectivity index (χ2n) is 3.62.